The number of rotatable bonds is 3. The molecule has 2 nitrogen and oxygen atoms in total. The first-order valence-corrected chi connectivity index (χ1v) is 7.33. The smallest absolute Gasteiger partial charge is 0.182 e. The Morgan fingerprint density at radius 1 is 1.10 bits per heavy atom. The van der Waals surface area contributed by atoms with Crippen molar-refractivity contribution in [1.82, 2.24) is 0 Å². The first-order valence-electron chi connectivity index (χ1n) is 6.51. The van der Waals surface area contributed by atoms with E-state index in [-0.39, 0.29) is 17.1 Å². The largest absolute Gasteiger partial charge is 0.491 e. The fourth-order valence-electron chi connectivity index (χ4n) is 2.36. The SMILES string of the molecule is CCOc1ccc2c(sc3c(F)c(C(C)=O)ccc32)c1F. The Morgan fingerprint density at radius 2 is 1.71 bits per heavy atom. The number of hydrogen-bond donors (Lipinski definition) is 0. The monoisotopic (exact) mass is 306 g/mol. The van der Waals surface area contributed by atoms with Crippen LogP contribution in [0.3, 0.4) is 0 Å². The van der Waals surface area contributed by atoms with Crippen molar-refractivity contribution in [2.75, 3.05) is 6.61 Å². The zero-order valence-electron chi connectivity index (χ0n) is 11.5. The van der Waals surface area contributed by atoms with Gasteiger partial charge in [-0.2, -0.15) is 0 Å². The molecule has 108 valence electrons. The number of ether oxygens (including phenoxy) is 1. The van der Waals surface area contributed by atoms with Crippen molar-refractivity contribution in [2.45, 2.75) is 13.8 Å². The second-order valence-electron chi connectivity index (χ2n) is 4.65. The van der Waals surface area contributed by atoms with Crippen molar-refractivity contribution in [3.63, 3.8) is 0 Å². The van der Waals surface area contributed by atoms with Crippen molar-refractivity contribution in [2.24, 2.45) is 0 Å². The minimum Gasteiger partial charge on any atom is -0.491 e. The minimum atomic E-state index is -0.585. The van der Waals surface area contributed by atoms with E-state index in [9.17, 15) is 13.6 Å². The van der Waals surface area contributed by atoms with Crippen LogP contribution in [-0.2, 0) is 0 Å². The van der Waals surface area contributed by atoms with Crippen LogP contribution >= 0.6 is 11.3 Å². The molecule has 0 amide bonds. The van der Waals surface area contributed by atoms with E-state index >= 15 is 0 Å². The third kappa shape index (κ3) is 2.08. The summed E-state index contributed by atoms with van der Waals surface area (Å²) in [5.41, 5.74) is 0.0273. The maximum Gasteiger partial charge on any atom is 0.182 e. The molecular formula is C16H12F2O2S. The summed E-state index contributed by atoms with van der Waals surface area (Å²) in [5, 5.41) is 1.24. The second kappa shape index (κ2) is 5.07. The number of halogens is 2. The highest BCUT2D eigenvalue weighted by atomic mass is 32.1. The molecule has 1 heterocycles. The lowest BCUT2D eigenvalue weighted by atomic mass is 10.1. The number of carbonyl (C=O) groups excluding carboxylic acids is 1. The first kappa shape index (κ1) is 13.9. The standard InChI is InChI=1S/C16H12F2O2S/c1-3-20-12-7-6-11-10-5-4-9(8(2)19)13(17)15(10)21-16(11)14(12)18/h4-7H,3H2,1-2H3. The molecule has 0 unspecified atom stereocenters. The number of ketones is 1. The lowest BCUT2D eigenvalue weighted by molar-refractivity contribution is 0.101. The molecule has 2 aromatic carbocycles. The van der Waals surface area contributed by atoms with Gasteiger partial charge >= 0.3 is 0 Å². The van der Waals surface area contributed by atoms with Gasteiger partial charge in [0.2, 0.25) is 0 Å². The zero-order valence-corrected chi connectivity index (χ0v) is 12.3. The molecule has 3 rings (SSSR count). The molecule has 0 aliphatic rings. The number of benzene rings is 2. The Morgan fingerprint density at radius 3 is 2.33 bits per heavy atom. The van der Waals surface area contributed by atoms with Crippen molar-refractivity contribution >= 4 is 37.3 Å². The van der Waals surface area contributed by atoms with Crippen molar-refractivity contribution in [1.29, 1.82) is 0 Å². The molecule has 5 heteroatoms. The Hall–Kier alpha value is -2.01. The summed E-state index contributed by atoms with van der Waals surface area (Å²) >= 11 is 1.00. The van der Waals surface area contributed by atoms with E-state index in [1.807, 2.05) is 0 Å². The minimum absolute atomic E-state index is 0.0273. The van der Waals surface area contributed by atoms with Crippen molar-refractivity contribution in [3.8, 4) is 5.75 Å². The fourth-order valence-corrected chi connectivity index (χ4v) is 3.53. The van der Waals surface area contributed by atoms with Crippen LogP contribution in [0.1, 0.15) is 24.2 Å². The summed E-state index contributed by atoms with van der Waals surface area (Å²) in [6, 6.07) is 6.37. The Balaban J connectivity index is 2.36. The molecule has 0 saturated heterocycles. The van der Waals surface area contributed by atoms with Gasteiger partial charge in [0, 0.05) is 10.8 Å². The molecule has 0 aliphatic heterocycles. The lowest BCUT2D eigenvalue weighted by Gasteiger charge is -2.04. The predicted molar refractivity (Wildman–Crippen MR) is 80.4 cm³/mol. The van der Waals surface area contributed by atoms with E-state index in [1.54, 1.807) is 25.1 Å². The van der Waals surface area contributed by atoms with Gasteiger partial charge in [-0.3, -0.25) is 4.79 Å². The zero-order chi connectivity index (χ0) is 15.1. The summed E-state index contributed by atoms with van der Waals surface area (Å²) in [7, 11) is 0. The van der Waals surface area contributed by atoms with E-state index in [0.717, 1.165) is 11.3 Å². The molecule has 0 N–H and O–H groups in total. The first-order chi connectivity index (χ1) is 10.0. The molecule has 0 atom stereocenters. The lowest BCUT2D eigenvalue weighted by Crippen LogP contribution is -1.96. The van der Waals surface area contributed by atoms with Crippen molar-refractivity contribution < 1.29 is 18.3 Å². The molecule has 21 heavy (non-hydrogen) atoms. The molecule has 0 spiro atoms. The summed E-state index contributed by atoms with van der Waals surface area (Å²) in [6.07, 6.45) is 0. The van der Waals surface area contributed by atoms with Gasteiger partial charge in [-0.25, -0.2) is 8.78 Å². The van der Waals surface area contributed by atoms with Gasteiger partial charge in [0.25, 0.3) is 0 Å². The fraction of sp³-hybridized carbons (Fsp3) is 0.188. The quantitative estimate of drug-likeness (QED) is 0.641. The normalized spacial score (nSPS) is 11.2. The number of fused-ring (bicyclic) bond motifs is 3. The van der Waals surface area contributed by atoms with Gasteiger partial charge in [0.05, 0.1) is 21.6 Å². The van der Waals surface area contributed by atoms with Crippen LogP contribution in [0.15, 0.2) is 24.3 Å². The Bertz CT molecular complexity index is 868. The molecule has 0 saturated carbocycles. The van der Waals surface area contributed by atoms with Crippen LogP contribution < -0.4 is 4.74 Å². The predicted octanol–water partition coefficient (Wildman–Crippen LogP) is 4.93. The highest BCUT2D eigenvalue weighted by Crippen LogP contribution is 2.40. The third-order valence-electron chi connectivity index (χ3n) is 3.33. The average molecular weight is 306 g/mol. The van der Waals surface area contributed by atoms with E-state index < -0.39 is 11.6 Å². The topological polar surface area (TPSA) is 26.3 Å². The van der Waals surface area contributed by atoms with E-state index in [1.165, 1.54) is 13.0 Å². The molecule has 0 fully saturated rings. The maximum absolute atomic E-state index is 14.4. The molecule has 0 bridgehead atoms. The van der Waals surface area contributed by atoms with Crippen LogP contribution in [0, 0.1) is 11.6 Å². The van der Waals surface area contributed by atoms with E-state index in [0.29, 0.717) is 26.8 Å². The van der Waals surface area contributed by atoms with Gasteiger partial charge < -0.3 is 4.74 Å². The molecular weight excluding hydrogens is 294 g/mol. The van der Waals surface area contributed by atoms with Gasteiger partial charge in [-0.15, -0.1) is 11.3 Å². The van der Waals surface area contributed by atoms with Gasteiger partial charge in [-0.05, 0) is 32.0 Å². The van der Waals surface area contributed by atoms with Gasteiger partial charge in [0.1, 0.15) is 0 Å². The molecule has 3 aromatic rings. The molecule has 0 aliphatic carbocycles. The van der Waals surface area contributed by atoms with E-state index in [4.69, 9.17) is 4.74 Å². The summed E-state index contributed by atoms with van der Waals surface area (Å²) in [5.74, 6) is -1.26. The Labute approximate surface area is 124 Å². The van der Waals surface area contributed by atoms with Crippen molar-refractivity contribution in [3.05, 3.63) is 41.5 Å². The number of thiophene rings is 1. The van der Waals surface area contributed by atoms with Gasteiger partial charge in [-0.1, -0.05) is 6.07 Å². The molecule has 0 radical (unpaired) electrons. The van der Waals surface area contributed by atoms with Crippen LogP contribution in [0.2, 0.25) is 0 Å². The average Bonchev–Trinajstić information content (AvgIpc) is 2.83. The summed E-state index contributed by atoms with van der Waals surface area (Å²) in [6.45, 7) is 3.44. The summed E-state index contributed by atoms with van der Waals surface area (Å²) < 4.78 is 34.6. The third-order valence-corrected chi connectivity index (χ3v) is 4.54. The molecule has 1 aromatic heterocycles. The Kier molecular flexibility index (Phi) is 3.37. The van der Waals surface area contributed by atoms with Crippen LogP contribution in [-0.4, -0.2) is 12.4 Å². The number of carbonyl (C=O) groups is 1. The highest BCUT2D eigenvalue weighted by molar-refractivity contribution is 7.25. The summed E-state index contributed by atoms with van der Waals surface area (Å²) in [4.78, 5) is 11.4. The van der Waals surface area contributed by atoms with Crippen LogP contribution in [0.5, 0.6) is 5.75 Å². The maximum atomic E-state index is 14.4. The van der Waals surface area contributed by atoms with Crippen LogP contribution in [0.25, 0.3) is 20.2 Å². The van der Waals surface area contributed by atoms with Gasteiger partial charge in [0.15, 0.2) is 23.2 Å². The van der Waals surface area contributed by atoms with E-state index in [2.05, 4.69) is 0 Å². The second-order valence-corrected chi connectivity index (χ2v) is 5.67. The number of Topliss-reactive ketones (excluding diaryl/α,β-unsaturated/α-hetero) is 1. The van der Waals surface area contributed by atoms with Crippen LogP contribution in [0.4, 0.5) is 8.78 Å². The number of hydrogen-bond acceptors (Lipinski definition) is 3. The highest BCUT2D eigenvalue weighted by Gasteiger charge is 2.18.